The average Bonchev–Trinajstić information content (AvgIpc) is 3.19. The van der Waals surface area contributed by atoms with Gasteiger partial charge in [-0.1, -0.05) is 11.6 Å². The second kappa shape index (κ2) is 8.18. The van der Waals surface area contributed by atoms with Crippen molar-refractivity contribution in [2.24, 2.45) is 0 Å². The Bertz CT molecular complexity index is 1480. The van der Waals surface area contributed by atoms with Crippen LogP contribution in [0.15, 0.2) is 62.2 Å². The van der Waals surface area contributed by atoms with Crippen molar-refractivity contribution < 1.29 is 9.34 Å². The lowest BCUT2D eigenvalue weighted by molar-refractivity contribution is -0.384. The fraction of sp³-hybridized carbons (Fsp3) is 0. The van der Waals surface area contributed by atoms with E-state index in [1.807, 2.05) is 6.07 Å². The molecule has 0 saturated heterocycles. The maximum Gasteiger partial charge on any atom is 0.270 e. The number of non-ortho nitro benzene ring substituents is 1. The van der Waals surface area contributed by atoms with E-state index < -0.39 is 10.5 Å². The summed E-state index contributed by atoms with van der Waals surface area (Å²) in [6, 6.07) is 14.3. The van der Waals surface area contributed by atoms with Crippen LogP contribution < -0.4 is 5.56 Å². The van der Waals surface area contributed by atoms with E-state index in [4.69, 9.17) is 16.0 Å². The molecule has 152 valence electrons. The largest absolute Gasteiger partial charge is 0.457 e. The second-order valence-corrected chi connectivity index (χ2v) is 7.66. The Hall–Kier alpha value is -3.74. The Morgan fingerprint density at radius 3 is 2.77 bits per heavy atom. The molecule has 0 fully saturated rings. The highest BCUT2D eigenvalue weighted by molar-refractivity contribution is 9.10. The lowest BCUT2D eigenvalue weighted by Crippen LogP contribution is -2.11. The van der Waals surface area contributed by atoms with Crippen LogP contribution in [0, 0.1) is 21.4 Å². The number of aromatic amines is 1. The molecule has 0 aliphatic carbocycles. The Labute approximate surface area is 187 Å². The molecule has 0 spiro atoms. The highest BCUT2D eigenvalue weighted by Crippen LogP contribution is 2.33. The molecule has 2 aromatic heterocycles. The number of allylic oxidation sites excluding steroid dienone is 1. The molecule has 0 radical (unpaired) electrons. The number of nitrogens with zero attached hydrogens (tertiary/aromatic N) is 3. The topological polar surface area (TPSA) is 126 Å². The fourth-order valence-corrected chi connectivity index (χ4v) is 3.66. The minimum atomic E-state index is -0.492. The van der Waals surface area contributed by atoms with Gasteiger partial charge in [-0.25, -0.2) is 4.98 Å². The number of benzene rings is 2. The van der Waals surface area contributed by atoms with Gasteiger partial charge in [0.15, 0.2) is 5.82 Å². The number of nitro groups is 1. The molecule has 0 unspecified atom stereocenters. The van der Waals surface area contributed by atoms with Gasteiger partial charge < -0.3 is 9.40 Å². The molecule has 0 aliphatic rings. The Kier molecular flexibility index (Phi) is 5.42. The van der Waals surface area contributed by atoms with Gasteiger partial charge in [0.05, 0.1) is 21.4 Å². The van der Waals surface area contributed by atoms with Gasteiger partial charge in [-0.15, -0.1) is 0 Å². The number of furan rings is 1. The number of hydrogen-bond donors (Lipinski definition) is 1. The van der Waals surface area contributed by atoms with Gasteiger partial charge in [0.1, 0.15) is 17.6 Å². The van der Waals surface area contributed by atoms with Crippen molar-refractivity contribution in [2.45, 2.75) is 0 Å². The van der Waals surface area contributed by atoms with Crippen LogP contribution in [0.1, 0.15) is 11.6 Å². The quantitative estimate of drug-likeness (QED) is 0.223. The van der Waals surface area contributed by atoms with Crippen LogP contribution in [0.3, 0.4) is 0 Å². The predicted octanol–water partition coefficient (Wildman–Crippen LogP) is 5.57. The normalized spacial score (nSPS) is 11.5. The lowest BCUT2D eigenvalue weighted by Gasteiger charge is -2.02. The number of aromatic nitrogens is 2. The number of H-pyrrole nitrogens is 1. The van der Waals surface area contributed by atoms with Gasteiger partial charge >= 0.3 is 0 Å². The number of halogens is 2. The molecule has 4 rings (SSSR count). The molecule has 0 saturated carbocycles. The zero-order valence-corrected chi connectivity index (χ0v) is 17.8. The zero-order valence-electron chi connectivity index (χ0n) is 15.4. The number of nitriles is 1. The molecule has 8 nitrogen and oxygen atoms in total. The summed E-state index contributed by atoms with van der Waals surface area (Å²) in [6.45, 7) is 0. The number of nitrogens with one attached hydrogen (secondary N) is 1. The molecule has 10 heteroatoms. The number of rotatable bonds is 4. The van der Waals surface area contributed by atoms with Crippen LogP contribution in [0.25, 0.3) is 33.9 Å². The highest BCUT2D eigenvalue weighted by Gasteiger charge is 2.14. The van der Waals surface area contributed by atoms with E-state index in [0.717, 1.165) is 0 Å². The number of nitro benzene ring substituents is 1. The van der Waals surface area contributed by atoms with E-state index in [-0.39, 0.29) is 17.1 Å². The molecule has 0 bridgehead atoms. The van der Waals surface area contributed by atoms with E-state index in [9.17, 15) is 20.2 Å². The molecular formula is C21H10BrClN4O4. The summed E-state index contributed by atoms with van der Waals surface area (Å²) in [5.74, 6) is 0.861. The minimum Gasteiger partial charge on any atom is -0.457 e. The van der Waals surface area contributed by atoms with Crippen LogP contribution >= 0.6 is 27.5 Å². The van der Waals surface area contributed by atoms with Crippen molar-refractivity contribution in [1.82, 2.24) is 9.97 Å². The van der Waals surface area contributed by atoms with Gasteiger partial charge in [-0.05, 0) is 52.3 Å². The smallest absolute Gasteiger partial charge is 0.270 e. The van der Waals surface area contributed by atoms with Crippen LogP contribution in [0.5, 0.6) is 0 Å². The summed E-state index contributed by atoms with van der Waals surface area (Å²) < 4.78 is 6.26. The summed E-state index contributed by atoms with van der Waals surface area (Å²) in [6.07, 6.45) is 1.44. The van der Waals surface area contributed by atoms with Crippen molar-refractivity contribution >= 4 is 55.8 Å². The minimum absolute atomic E-state index is 0.0551. The monoisotopic (exact) mass is 496 g/mol. The van der Waals surface area contributed by atoms with E-state index in [2.05, 4.69) is 25.9 Å². The highest BCUT2D eigenvalue weighted by atomic mass is 79.9. The number of fused-ring (bicyclic) bond motifs is 1. The van der Waals surface area contributed by atoms with E-state index in [1.165, 1.54) is 18.2 Å². The summed E-state index contributed by atoms with van der Waals surface area (Å²) >= 11 is 9.29. The van der Waals surface area contributed by atoms with Crippen LogP contribution in [0.2, 0.25) is 5.02 Å². The first-order chi connectivity index (χ1) is 14.9. The van der Waals surface area contributed by atoms with Gasteiger partial charge in [-0.3, -0.25) is 14.9 Å². The van der Waals surface area contributed by atoms with Crippen LogP contribution in [0.4, 0.5) is 5.69 Å². The maximum absolute atomic E-state index is 12.3. The SMILES string of the molecule is N#C/C(=C\c1ccc(-c2ccc([N+](=O)[O-])cc2Br)o1)c1nc2cc(Cl)ccc2c(=O)[nH]1. The zero-order chi connectivity index (χ0) is 22.1. The van der Waals surface area contributed by atoms with Crippen molar-refractivity contribution in [3.8, 4) is 17.4 Å². The van der Waals surface area contributed by atoms with Crippen molar-refractivity contribution in [2.75, 3.05) is 0 Å². The Morgan fingerprint density at radius 2 is 2.06 bits per heavy atom. The van der Waals surface area contributed by atoms with Gasteiger partial charge in [0.2, 0.25) is 0 Å². The summed E-state index contributed by atoms with van der Waals surface area (Å²) in [5, 5.41) is 21.3. The molecule has 1 N–H and O–H groups in total. The first kappa shape index (κ1) is 20.5. The third-order valence-corrected chi connectivity index (χ3v) is 5.28. The third-order valence-electron chi connectivity index (χ3n) is 4.39. The second-order valence-electron chi connectivity index (χ2n) is 6.37. The summed E-state index contributed by atoms with van der Waals surface area (Å²) in [7, 11) is 0. The maximum atomic E-state index is 12.3. The van der Waals surface area contributed by atoms with E-state index in [0.29, 0.717) is 37.5 Å². The Balaban J connectivity index is 1.73. The predicted molar refractivity (Wildman–Crippen MR) is 119 cm³/mol. The first-order valence-electron chi connectivity index (χ1n) is 8.71. The van der Waals surface area contributed by atoms with Gasteiger partial charge in [0.25, 0.3) is 11.2 Å². The van der Waals surface area contributed by atoms with E-state index >= 15 is 0 Å². The first-order valence-corrected chi connectivity index (χ1v) is 9.88. The van der Waals surface area contributed by atoms with Gasteiger partial charge in [0, 0.05) is 33.3 Å². The molecular weight excluding hydrogens is 488 g/mol. The fourth-order valence-electron chi connectivity index (χ4n) is 2.93. The summed E-state index contributed by atoms with van der Waals surface area (Å²) in [5.41, 5.74) is 0.605. The van der Waals surface area contributed by atoms with Crippen molar-refractivity contribution in [3.63, 3.8) is 0 Å². The van der Waals surface area contributed by atoms with Crippen molar-refractivity contribution in [1.29, 1.82) is 5.26 Å². The summed E-state index contributed by atoms with van der Waals surface area (Å²) in [4.78, 5) is 29.7. The average molecular weight is 498 g/mol. The third kappa shape index (κ3) is 4.12. The van der Waals surface area contributed by atoms with Crippen LogP contribution in [-0.2, 0) is 0 Å². The lowest BCUT2D eigenvalue weighted by atomic mass is 10.1. The molecule has 4 aromatic rings. The van der Waals surface area contributed by atoms with Gasteiger partial charge in [-0.2, -0.15) is 5.26 Å². The molecule has 2 aromatic carbocycles. The molecule has 0 atom stereocenters. The molecule has 31 heavy (non-hydrogen) atoms. The standard InChI is InChI=1S/C21H10BrClN4O4/c22-17-9-13(27(29)30)2-5-15(17)19-6-3-14(31-19)7-11(10-24)20-25-18-8-12(23)1-4-16(18)21(28)26-20/h1-9H,(H,25,26,28)/b11-7+. The number of hydrogen-bond acceptors (Lipinski definition) is 6. The van der Waals surface area contributed by atoms with Crippen LogP contribution in [-0.4, -0.2) is 14.9 Å². The molecule has 0 amide bonds. The molecule has 2 heterocycles. The van der Waals surface area contributed by atoms with E-state index in [1.54, 1.807) is 36.4 Å². The Morgan fingerprint density at radius 1 is 1.26 bits per heavy atom. The van der Waals surface area contributed by atoms with Crippen molar-refractivity contribution in [3.05, 3.63) is 90.1 Å². The molecule has 0 aliphatic heterocycles.